The lowest BCUT2D eigenvalue weighted by Gasteiger charge is -2.21. The number of aliphatic carboxylic acids is 2. The molecule has 1 atom stereocenters. The van der Waals surface area contributed by atoms with Crippen LogP contribution < -0.4 is 4.74 Å². The number of hydrogen-bond acceptors (Lipinski definition) is 7. The zero-order valence-electron chi connectivity index (χ0n) is 22.6. The van der Waals surface area contributed by atoms with Gasteiger partial charge >= 0.3 is 24.3 Å². The number of fused-ring (bicyclic) bond motifs is 1. The quantitative estimate of drug-likeness (QED) is 0.175. The Kier molecular flexibility index (Phi) is 13.1. The predicted molar refractivity (Wildman–Crippen MR) is 149 cm³/mol. The number of pyridine rings is 1. The highest BCUT2D eigenvalue weighted by atomic mass is 79.9. The third-order valence-electron chi connectivity index (χ3n) is 5.18. The van der Waals surface area contributed by atoms with E-state index in [4.69, 9.17) is 24.5 Å². The first-order chi connectivity index (χ1) is 20.5. The molecule has 2 heterocycles. The number of aromatic nitrogens is 3. The molecule has 0 aliphatic heterocycles. The maximum atomic E-state index is 10.6. The summed E-state index contributed by atoms with van der Waals surface area (Å²) in [6, 6.07) is 19.8. The van der Waals surface area contributed by atoms with Gasteiger partial charge in [0.1, 0.15) is 24.3 Å². The lowest BCUT2D eigenvalue weighted by atomic mass is 10.2. The van der Waals surface area contributed by atoms with E-state index in [-0.39, 0.29) is 6.61 Å². The van der Waals surface area contributed by atoms with Crippen molar-refractivity contribution in [3.63, 3.8) is 0 Å². The molecular weight excluding hydrogens is 670 g/mol. The Morgan fingerprint density at radius 2 is 1.52 bits per heavy atom. The van der Waals surface area contributed by atoms with Crippen molar-refractivity contribution >= 4 is 39.0 Å². The molecule has 0 saturated heterocycles. The largest absolute Gasteiger partial charge is 0.491 e. The van der Waals surface area contributed by atoms with Crippen LogP contribution in [0.25, 0.3) is 22.6 Å². The molecule has 4 N–H and O–H groups in total. The van der Waals surface area contributed by atoms with Crippen LogP contribution in [0.2, 0.25) is 0 Å². The summed E-state index contributed by atoms with van der Waals surface area (Å²) >= 11 is 3.42. The molecule has 0 spiro atoms. The summed E-state index contributed by atoms with van der Waals surface area (Å²) in [6.07, 6.45) is -9.01. The highest BCUT2D eigenvalue weighted by molar-refractivity contribution is 9.10. The minimum Gasteiger partial charge on any atom is -0.491 e. The third-order valence-corrected chi connectivity index (χ3v) is 5.61. The van der Waals surface area contributed by atoms with Crippen molar-refractivity contribution in [2.45, 2.75) is 25.0 Å². The summed E-state index contributed by atoms with van der Waals surface area (Å²) in [4.78, 5) is 32.0. The number of aliphatic hydroxyl groups excluding tert-OH is 1. The summed E-state index contributed by atoms with van der Waals surface area (Å²) in [7, 11) is 1.99. The van der Waals surface area contributed by atoms with Crippen LogP contribution in [0.5, 0.6) is 5.75 Å². The SMILES string of the molecule is CN(Cc1ccccc1)CC(O)COc1ccc(-c2nc3ncc(Br)cc3[nH]2)cc1.O=C(O)C(F)(F)F.O=C(O)C(F)(F)F. The smallest absolute Gasteiger partial charge is 0.490 e. The first-order valence-electron chi connectivity index (χ1n) is 12.2. The van der Waals surface area contributed by atoms with Gasteiger partial charge in [-0.25, -0.2) is 19.6 Å². The van der Waals surface area contributed by atoms with Crippen molar-refractivity contribution in [1.29, 1.82) is 0 Å². The van der Waals surface area contributed by atoms with Crippen LogP contribution in [0, 0.1) is 0 Å². The Morgan fingerprint density at radius 3 is 2.05 bits per heavy atom. The number of benzene rings is 2. The molecule has 0 aliphatic carbocycles. The number of nitrogens with one attached hydrogen (secondary N) is 1. The van der Waals surface area contributed by atoms with Crippen LogP contribution >= 0.6 is 15.9 Å². The highest BCUT2D eigenvalue weighted by Gasteiger charge is 2.38. The van der Waals surface area contributed by atoms with E-state index >= 15 is 0 Å². The molecule has 1 unspecified atom stereocenters. The number of aliphatic hydroxyl groups is 1. The van der Waals surface area contributed by atoms with Gasteiger partial charge in [-0.3, -0.25) is 4.90 Å². The number of carbonyl (C=O) groups is 2. The van der Waals surface area contributed by atoms with Crippen molar-refractivity contribution < 1.29 is 56.0 Å². The molecule has 17 heteroatoms. The average Bonchev–Trinajstić information content (AvgIpc) is 3.35. The molecule has 0 aliphatic rings. The zero-order valence-corrected chi connectivity index (χ0v) is 24.2. The average molecular weight is 695 g/mol. The fraction of sp³-hybridized carbons (Fsp3) is 0.259. The fourth-order valence-corrected chi connectivity index (χ4v) is 3.62. The van der Waals surface area contributed by atoms with Gasteiger partial charge in [0, 0.05) is 29.3 Å². The number of nitrogens with zero attached hydrogens (tertiary/aromatic N) is 3. The lowest BCUT2D eigenvalue weighted by Crippen LogP contribution is -2.32. The van der Waals surface area contributed by atoms with Gasteiger partial charge in [0.25, 0.3) is 0 Å². The predicted octanol–water partition coefficient (Wildman–Crippen LogP) is 5.53. The number of ether oxygens (including phenoxy) is 1. The Labute approximate surface area is 254 Å². The van der Waals surface area contributed by atoms with Crippen molar-refractivity contribution in [2.24, 2.45) is 0 Å². The Bertz CT molecular complexity index is 1480. The van der Waals surface area contributed by atoms with Gasteiger partial charge < -0.3 is 25.0 Å². The van der Waals surface area contributed by atoms with Gasteiger partial charge in [-0.05, 0) is 58.9 Å². The molecule has 0 saturated carbocycles. The molecule has 2 aromatic heterocycles. The van der Waals surface area contributed by atoms with Crippen molar-refractivity contribution in [3.05, 3.63) is 76.9 Å². The van der Waals surface area contributed by atoms with Crippen LogP contribution in [0.3, 0.4) is 0 Å². The van der Waals surface area contributed by atoms with E-state index < -0.39 is 30.4 Å². The number of hydrogen-bond donors (Lipinski definition) is 4. The highest BCUT2D eigenvalue weighted by Crippen LogP contribution is 2.23. The first-order valence-corrected chi connectivity index (χ1v) is 13.0. The normalized spacial score (nSPS) is 12.0. The number of halogens is 7. The second-order valence-electron chi connectivity index (χ2n) is 8.89. The molecule has 0 radical (unpaired) electrons. The van der Waals surface area contributed by atoms with E-state index in [2.05, 4.69) is 47.9 Å². The fourth-order valence-electron chi connectivity index (χ4n) is 3.28. The molecule has 2 aromatic carbocycles. The molecular formula is C27H25BrF6N4O6. The van der Waals surface area contributed by atoms with Crippen LogP contribution in [0.4, 0.5) is 26.3 Å². The Morgan fingerprint density at radius 1 is 0.977 bits per heavy atom. The standard InChI is InChI=1S/C23H23BrN4O2.2C2HF3O2/c1-28(13-16-5-3-2-4-6-16)14-19(29)15-30-20-9-7-17(8-10-20)22-26-21-11-18(24)12-25-23(21)27-22;2*3-2(4,5)1(6)7/h2-12,19,29H,13-15H2,1H3,(H,25,26,27);2*(H,6,7). The van der Waals surface area contributed by atoms with Gasteiger partial charge in [0.15, 0.2) is 5.65 Å². The molecule has 238 valence electrons. The molecule has 10 nitrogen and oxygen atoms in total. The third kappa shape index (κ3) is 12.6. The number of H-pyrrole nitrogens is 1. The van der Waals surface area contributed by atoms with E-state index in [0.717, 1.165) is 27.9 Å². The summed E-state index contributed by atoms with van der Waals surface area (Å²) in [5, 5.41) is 24.6. The van der Waals surface area contributed by atoms with Gasteiger partial charge in [0.2, 0.25) is 0 Å². The number of imidazole rings is 1. The maximum Gasteiger partial charge on any atom is 0.490 e. The van der Waals surface area contributed by atoms with Crippen LogP contribution in [-0.2, 0) is 16.1 Å². The number of carboxylic acids is 2. The van der Waals surface area contributed by atoms with Crippen LogP contribution in [0.1, 0.15) is 5.56 Å². The van der Waals surface area contributed by atoms with Crippen molar-refractivity contribution in [2.75, 3.05) is 20.2 Å². The number of likely N-dealkylation sites (N-methyl/N-ethyl adjacent to an activating group) is 1. The summed E-state index contributed by atoms with van der Waals surface area (Å²) in [6.45, 7) is 1.56. The van der Waals surface area contributed by atoms with Crippen LogP contribution in [0.15, 0.2) is 71.3 Å². The number of rotatable bonds is 8. The van der Waals surface area contributed by atoms with Crippen molar-refractivity contribution in [1.82, 2.24) is 19.9 Å². The minimum absolute atomic E-state index is 0.237. The van der Waals surface area contributed by atoms with Gasteiger partial charge in [-0.2, -0.15) is 26.3 Å². The monoisotopic (exact) mass is 694 g/mol. The van der Waals surface area contributed by atoms with Gasteiger partial charge in [0.05, 0.1) is 5.52 Å². The summed E-state index contributed by atoms with van der Waals surface area (Å²) in [5.41, 5.74) is 3.72. The molecule has 0 bridgehead atoms. The molecule has 0 amide bonds. The van der Waals surface area contributed by atoms with E-state index in [0.29, 0.717) is 17.9 Å². The summed E-state index contributed by atoms with van der Waals surface area (Å²) < 4.78 is 70.1. The van der Waals surface area contributed by atoms with Gasteiger partial charge in [-0.15, -0.1) is 0 Å². The minimum atomic E-state index is -5.08. The molecule has 0 fully saturated rings. The van der Waals surface area contributed by atoms with E-state index in [1.807, 2.05) is 55.6 Å². The Hall–Kier alpha value is -4.22. The van der Waals surface area contributed by atoms with E-state index in [9.17, 15) is 31.4 Å². The van der Waals surface area contributed by atoms with E-state index in [1.54, 1.807) is 6.20 Å². The summed E-state index contributed by atoms with van der Waals surface area (Å²) in [5.74, 6) is -4.05. The molecule has 4 aromatic rings. The molecule has 4 rings (SSSR count). The van der Waals surface area contributed by atoms with E-state index in [1.165, 1.54) is 5.56 Å². The van der Waals surface area contributed by atoms with Gasteiger partial charge in [-0.1, -0.05) is 30.3 Å². The zero-order chi connectivity index (χ0) is 33.1. The second kappa shape index (κ2) is 16.0. The molecule has 44 heavy (non-hydrogen) atoms. The maximum absolute atomic E-state index is 10.6. The topological polar surface area (TPSA) is 149 Å². The van der Waals surface area contributed by atoms with Crippen molar-refractivity contribution in [3.8, 4) is 17.1 Å². The Balaban J connectivity index is 0.000000402. The number of aromatic amines is 1. The van der Waals surface area contributed by atoms with Crippen LogP contribution in [-0.4, -0.2) is 85.8 Å². The number of alkyl halides is 6. The lowest BCUT2D eigenvalue weighted by molar-refractivity contribution is -0.193. The number of carboxylic acid groups (broad SMARTS) is 2. The second-order valence-corrected chi connectivity index (χ2v) is 9.80. The first kappa shape index (κ1) is 36.0.